The first-order valence-corrected chi connectivity index (χ1v) is 11.1. The van der Waals surface area contributed by atoms with Crippen molar-refractivity contribution in [1.29, 1.82) is 0 Å². The second-order valence-electron chi connectivity index (χ2n) is 7.72. The number of rotatable bonds is 19. The fourth-order valence-corrected chi connectivity index (χ4v) is 3.26. The van der Waals surface area contributed by atoms with Gasteiger partial charge in [-0.2, -0.15) is 0 Å². The Morgan fingerprint density at radius 3 is 0.786 bits per heavy atom. The Labute approximate surface area is 171 Å². The number of unbranched alkanes of at least 4 members (excludes halogenated alkanes) is 15. The highest BCUT2D eigenvalue weighted by atomic mass is 16.2. The van der Waals surface area contributed by atoms with E-state index in [1.165, 1.54) is 77.0 Å². The molecule has 4 amide bonds. The molecule has 0 unspecified atom stereocenters. The van der Waals surface area contributed by atoms with Crippen LogP contribution in [0.3, 0.4) is 0 Å². The van der Waals surface area contributed by atoms with E-state index in [9.17, 15) is 9.59 Å². The number of urea groups is 2. The Balaban J connectivity index is 3.12. The van der Waals surface area contributed by atoms with E-state index in [0.29, 0.717) is 13.1 Å². The van der Waals surface area contributed by atoms with Crippen molar-refractivity contribution in [3.63, 3.8) is 0 Å². The maximum Gasteiger partial charge on any atom is 0.328 e. The van der Waals surface area contributed by atoms with E-state index in [-0.39, 0.29) is 0 Å². The monoisotopic (exact) mass is 400 g/mol. The van der Waals surface area contributed by atoms with E-state index in [2.05, 4.69) is 0 Å². The van der Waals surface area contributed by atoms with E-state index in [0.717, 1.165) is 35.7 Å². The molecule has 0 spiro atoms. The molecule has 0 aliphatic rings. The Bertz CT molecular complexity index is 359. The van der Waals surface area contributed by atoms with Crippen LogP contribution in [0.15, 0.2) is 0 Å². The van der Waals surface area contributed by atoms with Crippen LogP contribution < -0.4 is 23.2 Å². The average molecular weight is 401 g/mol. The fourth-order valence-electron chi connectivity index (χ4n) is 3.26. The summed E-state index contributed by atoms with van der Waals surface area (Å²) in [4.78, 5) is 21.5. The number of hydrogen-bond donors (Lipinski definition) is 4. The Kier molecular flexibility index (Phi) is 17.8. The van der Waals surface area contributed by atoms with Gasteiger partial charge in [-0.3, -0.25) is 10.0 Å². The summed E-state index contributed by atoms with van der Waals surface area (Å²) in [5.74, 6) is 10.9. The number of hydrogen-bond acceptors (Lipinski definition) is 4. The summed E-state index contributed by atoms with van der Waals surface area (Å²) in [6.45, 7) is 1.11. The van der Waals surface area contributed by atoms with E-state index in [1.54, 1.807) is 0 Å². The number of amides is 4. The third-order valence-electron chi connectivity index (χ3n) is 5.11. The third-order valence-corrected chi connectivity index (χ3v) is 5.11. The lowest BCUT2D eigenvalue weighted by Gasteiger charge is -2.12. The zero-order chi connectivity index (χ0) is 21.0. The molecule has 0 atom stereocenters. The molecule has 166 valence electrons. The van der Waals surface area contributed by atoms with Crippen molar-refractivity contribution in [2.45, 2.75) is 103 Å². The average Bonchev–Trinajstić information content (AvgIpc) is 2.66. The van der Waals surface area contributed by atoms with Gasteiger partial charge in [0, 0.05) is 13.1 Å². The van der Waals surface area contributed by atoms with Gasteiger partial charge in [0.25, 0.3) is 0 Å². The molecule has 0 aliphatic heterocycles. The van der Waals surface area contributed by atoms with E-state index in [1.807, 2.05) is 0 Å². The normalized spacial score (nSPS) is 10.8. The summed E-state index contributed by atoms with van der Waals surface area (Å²) >= 11 is 0. The molecule has 0 rings (SSSR count). The van der Waals surface area contributed by atoms with Crippen LogP contribution in [-0.2, 0) is 0 Å². The maximum absolute atomic E-state index is 10.7. The van der Waals surface area contributed by atoms with Gasteiger partial charge in [0.1, 0.15) is 0 Å². The van der Waals surface area contributed by atoms with E-state index >= 15 is 0 Å². The summed E-state index contributed by atoms with van der Waals surface area (Å²) < 4.78 is 0. The minimum Gasteiger partial charge on any atom is -0.350 e. The number of nitrogens with zero attached hydrogens (tertiary/aromatic N) is 2. The lowest BCUT2D eigenvalue weighted by Crippen LogP contribution is -2.41. The Morgan fingerprint density at radius 1 is 0.429 bits per heavy atom. The third kappa shape index (κ3) is 17.9. The molecule has 28 heavy (non-hydrogen) atoms. The SMILES string of the molecule is NC(=O)N(N)CCCCCCCCCCCCCCCCCCN(N)C(N)=O. The molecule has 8 nitrogen and oxygen atoms in total. The first-order chi connectivity index (χ1) is 13.4. The van der Waals surface area contributed by atoms with Gasteiger partial charge in [-0.1, -0.05) is 89.9 Å². The summed E-state index contributed by atoms with van der Waals surface area (Å²) in [6, 6.07) is -1.11. The maximum atomic E-state index is 10.7. The summed E-state index contributed by atoms with van der Waals surface area (Å²) in [5.41, 5.74) is 10.1. The molecule has 0 aromatic heterocycles. The predicted octanol–water partition coefficient (Wildman–Crippen LogP) is 3.74. The van der Waals surface area contributed by atoms with Crippen LogP contribution in [0, 0.1) is 0 Å². The van der Waals surface area contributed by atoms with Crippen LogP contribution in [0.5, 0.6) is 0 Å². The molecule has 0 heterocycles. The van der Waals surface area contributed by atoms with Crippen molar-refractivity contribution in [2.75, 3.05) is 13.1 Å². The molecule has 8 N–H and O–H groups in total. The van der Waals surface area contributed by atoms with Gasteiger partial charge in [0.05, 0.1) is 0 Å². The summed E-state index contributed by atoms with van der Waals surface area (Å²) in [6.07, 6.45) is 19.7. The van der Waals surface area contributed by atoms with E-state index in [4.69, 9.17) is 23.2 Å². The first-order valence-electron chi connectivity index (χ1n) is 11.1. The number of hydrazine groups is 2. The van der Waals surface area contributed by atoms with Gasteiger partial charge in [-0.05, 0) is 12.8 Å². The zero-order valence-corrected chi connectivity index (χ0v) is 17.7. The van der Waals surface area contributed by atoms with Crippen LogP contribution in [0.25, 0.3) is 0 Å². The van der Waals surface area contributed by atoms with Crippen LogP contribution in [0.2, 0.25) is 0 Å². The predicted molar refractivity (Wildman–Crippen MR) is 115 cm³/mol. The van der Waals surface area contributed by atoms with Crippen molar-refractivity contribution in [1.82, 2.24) is 10.0 Å². The lowest BCUT2D eigenvalue weighted by molar-refractivity contribution is 0.207. The minimum atomic E-state index is -0.555. The van der Waals surface area contributed by atoms with Gasteiger partial charge in [0.2, 0.25) is 0 Å². The van der Waals surface area contributed by atoms with Crippen LogP contribution in [0.1, 0.15) is 103 Å². The molecular formula is C20H44N6O2. The molecule has 0 bridgehead atoms. The molecule has 0 aromatic rings. The molecule has 0 aliphatic carbocycles. The quantitative estimate of drug-likeness (QED) is 0.113. The topological polar surface area (TPSA) is 145 Å². The second-order valence-corrected chi connectivity index (χ2v) is 7.72. The number of primary amides is 2. The van der Waals surface area contributed by atoms with E-state index < -0.39 is 12.1 Å². The zero-order valence-electron chi connectivity index (χ0n) is 17.7. The van der Waals surface area contributed by atoms with Gasteiger partial charge in [-0.15, -0.1) is 0 Å². The van der Waals surface area contributed by atoms with Crippen molar-refractivity contribution in [2.24, 2.45) is 23.2 Å². The molecule has 0 fully saturated rings. The van der Waals surface area contributed by atoms with Gasteiger partial charge >= 0.3 is 12.1 Å². The van der Waals surface area contributed by atoms with Crippen LogP contribution in [-0.4, -0.2) is 35.2 Å². The molecule has 0 aromatic carbocycles. The number of nitrogens with two attached hydrogens (primary N) is 4. The number of carbonyl (C=O) groups is 2. The molecular weight excluding hydrogens is 356 g/mol. The van der Waals surface area contributed by atoms with Crippen molar-refractivity contribution < 1.29 is 9.59 Å². The molecule has 0 radical (unpaired) electrons. The summed E-state index contributed by atoms with van der Waals surface area (Å²) in [5, 5.41) is 2.17. The summed E-state index contributed by atoms with van der Waals surface area (Å²) in [7, 11) is 0. The fraction of sp³-hybridized carbons (Fsp3) is 0.900. The van der Waals surface area contributed by atoms with Crippen LogP contribution >= 0.6 is 0 Å². The molecule has 0 saturated heterocycles. The van der Waals surface area contributed by atoms with Crippen molar-refractivity contribution in [3.05, 3.63) is 0 Å². The van der Waals surface area contributed by atoms with Crippen molar-refractivity contribution >= 4 is 12.1 Å². The molecule has 8 heteroatoms. The Morgan fingerprint density at radius 2 is 0.607 bits per heavy atom. The minimum absolute atomic E-state index is 0.553. The standard InChI is InChI=1S/C20H44N6O2/c21-19(27)25(23)17-15-13-11-9-7-5-3-1-2-4-6-8-10-12-14-16-18-26(24)20(22)28/h1-18,23-24H2,(H2,21,27)(H2,22,28). The smallest absolute Gasteiger partial charge is 0.328 e. The highest BCUT2D eigenvalue weighted by Crippen LogP contribution is 2.13. The Hall–Kier alpha value is -1.54. The van der Waals surface area contributed by atoms with Gasteiger partial charge in [-0.25, -0.2) is 21.3 Å². The van der Waals surface area contributed by atoms with Crippen LogP contribution in [0.4, 0.5) is 9.59 Å². The highest BCUT2D eigenvalue weighted by Gasteiger charge is 2.03. The second kappa shape index (κ2) is 18.8. The number of carbonyl (C=O) groups excluding carboxylic acids is 2. The molecule has 0 saturated carbocycles. The van der Waals surface area contributed by atoms with Gasteiger partial charge < -0.3 is 11.5 Å². The highest BCUT2D eigenvalue weighted by molar-refractivity contribution is 5.71. The van der Waals surface area contributed by atoms with Gasteiger partial charge in [0.15, 0.2) is 0 Å². The first kappa shape index (κ1) is 26.5. The van der Waals surface area contributed by atoms with Crippen molar-refractivity contribution in [3.8, 4) is 0 Å². The lowest BCUT2D eigenvalue weighted by atomic mass is 10.0. The largest absolute Gasteiger partial charge is 0.350 e.